The summed E-state index contributed by atoms with van der Waals surface area (Å²) in [5.74, 6) is -0.173. The Kier molecular flexibility index (Phi) is 4.66. The number of para-hydroxylation sites is 1. The summed E-state index contributed by atoms with van der Waals surface area (Å²) in [6.07, 6.45) is 1.41. The molecular weight excluding hydrogens is 350 g/mol. The molecule has 1 fully saturated rings. The van der Waals surface area contributed by atoms with Crippen LogP contribution in [0.4, 0.5) is 14.6 Å². The zero-order valence-electron chi connectivity index (χ0n) is 14.6. The number of fused-ring (bicyclic) bond motifs is 1. The largest absolute Gasteiger partial charge is 0.352 e. The van der Waals surface area contributed by atoms with Crippen LogP contribution in [0.5, 0.6) is 0 Å². The maximum absolute atomic E-state index is 13.9. The fourth-order valence-corrected chi connectivity index (χ4v) is 3.37. The molecule has 0 unspecified atom stereocenters. The number of carbonyl (C=O) groups excluding carboxylic acids is 1. The summed E-state index contributed by atoms with van der Waals surface area (Å²) >= 11 is 0. The van der Waals surface area contributed by atoms with E-state index in [-0.39, 0.29) is 24.0 Å². The second-order valence-electron chi connectivity index (χ2n) is 6.47. The molecule has 0 radical (unpaired) electrons. The maximum Gasteiger partial charge on any atom is 0.227 e. The lowest BCUT2D eigenvalue weighted by molar-refractivity contribution is -0.130. The van der Waals surface area contributed by atoms with Crippen molar-refractivity contribution >= 4 is 22.6 Å². The molecule has 138 valence electrons. The molecule has 2 heterocycles. The molecule has 4 rings (SSSR count). The first-order valence-electron chi connectivity index (χ1n) is 8.79. The molecule has 7 heteroatoms. The van der Waals surface area contributed by atoms with Crippen LogP contribution in [0.1, 0.15) is 5.56 Å². The van der Waals surface area contributed by atoms with Crippen LogP contribution >= 0.6 is 0 Å². The Bertz CT molecular complexity index is 987. The fourth-order valence-electron chi connectivity index (χ4n) is 3.37. The Balaban J connectivity index is 1.46. The molecule has 0 spiro atoms. The molecule has 1 saturated heterocycles. The van der Waals surface area contributed by atoms with Gasteiger partial charge in [-0.25, -0.2) is 18.7 Å². The number of halogens is 2. The molecule has 27 heavy (non-hydrogen) atoms. The van der Waals surface area contributed by atoms with Crippen molar-refractivity contribution in [2.75, 3.05) is 31.1 Å². The smallest absolute Gasteiger partial charge is 0.227 e. The van der Waals surface area contributed by atoms with Crippen molar-refractivity contribution in [2.45, 2.75) is 6.42 Å². The number of carbonyl (C=O) groups is 1. The van der Waals surface area contributed by atoms with E-state index in [1.807, 2.05) is 4.90 Å². The quantitative estimate of drug-likeness (QED) is 0.713. The van der Waals surface area contributed by atoms with Crippen molar-refractivity contribution in [2.24, 2.45) is 0 Å². The zero-order chi connectivity index (χ0) is 18.8. The SMILES string of the molecule is O=C(Cc1ccccc1F)N1CCN(c2ncnc3c(F)cccc23)CC1. The van der Waals surface area contributed by atoms with Gasteiger partial charge in [-0.1, -0.05) is 24.3 Å². The van der Waals surface area contributed by atoms with Crippen molar-refractivity contribution in [3.05, 3.63) is 66.0 Å². The first-order chi connectivity index (χ1) is 13.1. The van der Waals surface area contributed by atoms with Crippen LogP contribution in [0.3, 0.4) is 0 Å². The number of anilines is 1. The van der Waals surface area contributed by atoms with E-state index >= 15 is 0 Å². The van der Waals surface area contributed by atoms with Gasteiger partial charge in [-0.3, -0.25) is 4.79 Å². The van der Waals surface area contributed by atoms with Gasteiger partial charge >= 0.3 is 0 Å². The fraction of sp³-hybridized carbons (Fsp3) is 0.250. The van der Waals surface area contributed by atoms with E-state index in [2.05, 4.69) is 9.97 Å². The third kappa shape index (κ3) is 3.45. The third-order valence-corrected chi connectivity index (χ3v) is 4.83. The van der Waals surface area contributed by atoms with Crippen LogP contribution in [0, 0.1) is 11.6 Å². The van der Waals surface area contributed by atoms with E-state index < -0.39 is 0 Å². The van der Waals surface area contributed by atoms with Crippen molar-refractivity contribution in [3.8, 4) is 0 Å². The van der Waals surface area contributed by atoms with E-state index in [9.17, 15) is 13.6 Å². The second-order valence-corrected chi connectivity index (χ2v) is 6.47. The highest BCUT2D eigenvalue weighted by molar-refractivity contribution is 5.89. The Morgan fingerprint density at radius 2 is 1.67 bits per heavy atom. The van der Waals surface area contributed by atoms with Crippen LogP contribution in [0.2, 0.25) is 0 Å². The van der Waals surface area contributed by atoms with Crippen molar-refractivity contribution in [3.63, 3.8) is 0 Å². The number of nitrogens with zero attached hydrogens (tertiary/aromatic N) is 4. The number of benzene rings is 2. The molecule has 0 saturated carbocycles. The summed E-state index contributed by atoms with van der Waals surface area (Å²) in [4.78, 5) is 24.6. The molecule has 1 aliphatic rings. The first-order valence-corrected chi connectivity index (χ1v) is 8.79. The standard InChI is InChI=1S/C20H18F2N4O/c21-16-6-2-1-4-14(16)12-18(27)25-8-10-26(11-9-25)20-15-5-3-7-17(22)19(15)23-13-24-20/h1-7,13H,8-12H2. The molecule has 1 aromatic heterocycles. The monoisotopic (exact) mass is 368 g/mol. The molecule has 0 bridgehead atoms. The highest BCUT2D eigenvalue weighted by Crippen LogP contribution is 2.25. The molecule has 0 aliphatic carbocycles. The van der Waals surface area contributed by atoms with E-state index in [1.165, 1.54) is 18.5 Å². The van der Waals surface area contributed by atoms with Crippen molar-refractivity contribution in [1.82, 2.24) is 14.9 Å². The molecule has 0 atom stereocenters. The minimum Gasteiger partial charge on any atom is -0.352 e. The summed E-state index contributed by atoms with van der Waals surface area (Å²) in [5.41, 5.74) is 0.697. The second kappa shape index (κ2) is 7.26. The molecule has 5 nitrogen and oxygen atoms in total. The number of rotatable bonds is 3. The minimum absolute atomic E-state index is 0.0499. The van der Waals surface area contributed by atoms with Gasteiger partial charge in [0.15, 0.2) is 0 Å². The van der Waals surface area contributed by atoms with Crippen LogP contribution in [0.15, 0.2) is 48.8 Å². The van der Waals surface area contributed by atoms with Gasteiger partial charge in [-0.15, -0.1) is 0 Å². The normalized spacial score (nSPS) is 14.6. The van der Waals surface area contributed by atoms with Gasteiger partial charge in [0.25, 0.3) is 0 Å². The molecule has 1 aliphatic heterocycles. The Labute approximate surface area is 155 Å². The number of piperazine rings is 1. The van der Waals surface area contributed by atoms with Gasteiger partial charge in [0.1, 0.15) is 29.3 Å². The average Bonchev–Trinajstić information content (AvgIpc) is 2.70. The van der Waals surface area contributed by atoms with Gasteiger partial charge < -0.3 is 9.80 Å². The van der Waals surface area contributed by atoms with E-state index in [0.29, 0.717) is 48.5 Å². The predicted octanol–water partition coefficient (Wildman–Crippen LogP) is 2.80. The Morgan fingerprint density at radius 3 is 2.44 bits per heavy atom. The topological polar surface area (TPSA) is 49.3 Å². The summed E-state index contributed by atoms with van der Waals surface area (Å²) in [7, 11) is 0. The Hall–Kier alpha value is -3.09. The molecule has 3 aromatic rings. The number of aromatic nitrogens is 2. The van der Waals surface area contributed by atoms with Crippen LogP contribution in [-0.2, 0) is 11.2 Å². The van der Waals surface area contributed by atoms with Gasteiger partial charge in [0, 0.05) is 31.6 Å². The molecular formula is C20H18F2N4O. The van der Waals surface area contributed by atoms with Gasteiger partial charge in [0.2, 0.25) is 5.91 Å². The summed E-state index contributed by atoms with van der Waals surface area (Å²) < 4.78 is 27.7. The number of hydrogen-bond acceptors (Lipinski definition) is 4. The van der Waals surface area contributed by atoms with E-state index in [1.54, 1.807) is 35.2 Å². The zero-order valence-corrected chi connectivity index (χ0v) is 14.6. The number of hydrogen-bond donors (Lipinski definition) is 0. The highest BCUT2D eigenvalue weighted by atomic mass is 19.1. The average molecular weight is 368 g/mol. The van der Waals surface area contributed by atoms with Gasteiger partial charge in [-0.05, 0) is 23.8 Å². The lowest BCUT2D eigenvalue weighted by atomic mass is 10.1. The van der Waals surface area contributed by atoms with Gasteiger partial charge in [0.05, 0.1) is 6.42 Å². The molecule has 1 amide bonds. The minimum atomic E-state index is -0.380. The Morgan fingerprint density at radius 1 is 0.926 bits per heavy atom. The molecule has 0 N–H and O–H groups in total. The van der Waals surface area contributed by atoms with E-state index in [4.69, 9.17) is 0 Å². The molecule has 2 aromatic carbocycles. The third-order valence-electron chi connectivity index (χ3n) is 4.83. The van der Waals surface area contributed by atoms with Crippen LogP contribution in [0.25, 0.3) is 10.9 Å². The number of amides is 1. The predicted molar refractivity (Wildman–Crippen MR) is 98.4 cm³/mol. The lowest BCUT2D eigenvalue weighted by Crippen LogP contribution is -2.49. The van der Waals surface area contributed by atoms with E-state index in [0.717, 1.165) is 0 Å². The summed E-state index contributed by atoms with van der Waals surface area (Å²) in [6, 6.07) is 11.1. The lowest BCUT2D eigenvalue weighted by Gasteiger charge is -2.35. The van der Waals surface area contributed by atoms with Crippen molar-refractivity contribution in [1.29, 1.82) is 0 Å². The maximum atomic E-state index is 13.9. The highest BCUT2D eigenvalue weighted by Gasteiger charge is 2.24. The van der Waals surface area contributed by atoms with Gasteiger partial charge in [-0.2, -0.15) is 0 Å². The van der Waals surface area contributed by atoms with Crippen molar-refractivity contribution < 1.29 is 13.6 Å². The van der Waals surface area contributed by atoms with Crippen LogP contribution in [-0.4, -0.2) is 47.0 Å². The summed E-state index contributed by atoms with van der Waals surface area (Å²) in [6.45, 7) is 2.17. The summed E-state index contributed by atoms with van der Waals surface area (Å²) in [5, 5.41) is 0.656. The first kappa shape index (κ1) is 17.3. The van der Waals surface area contributed by atoms with Crippen LogP contribution < -0.4 is 4.90 Å².